The molecule has 1 atom stereocenters. The van der Waals surface area contributed by atoms with Crippen LogP contribution in [0.1, 0.15) is 20.3 Å². The van der Waals surface area contributed by atoms with E-state index in [1.165, 1.54) is 6.08 Å². The first-order valence-electron chi connectivity index (χ1n) is 4.27. The van der Waals surface area contributed by atoms with E-state index >= 15 is 0 Å². The first-order valence-corrected chi connectivity index (χ1v) is 4.27. The van der Waals surface area contributed by atoms with Gasteiger partial charge in [-0.2, -0.15) is 0 Å². The first-order chi connectivity index (χ1) is 6.43. The van der Waals surface area contributed by atoms with Gasteiger partial charge in [0.1, 0.15) is 0 Å². The minimum Gasteiger partial charge on any atom is -0.479 e. The Hall–Kier alpha value is -1.36. The fourth-order valence-corrected chi connectivity index (χ4v) is 0.769. The third-order valence-electron chi connectivity index (χ3n) is 1.42. The average molecular weight is 201 g/mol. The third kappa shape index (κ3) is 6.19. The lowest BCUT2D eigenvalue weighted by atomic mass is 10.2. The Bertz CT molecular complexity index is 243. The van der Waals surface area contributed by atoms with Crippen molar-refractivity contribution in [2.45, 2.75) is 26.4 Å². The zero-order chi connectivity index (χ0) is 11.1. The number of carboxylic acid groups (broad SMARTS) is 1. The van der Waals surface area contributed by atoms with Crippen molar-refractivity contribution < 1.29 is 19.8 Å². The second-order valence-corrected chi connectivity index (χ2v) is 3.16. The van der Waals surface area contributed by atoms with Gasteiger partial charge in [-0.25, -0.2) is 4.79 Å². The van der Waals surface area contributed by atoms with Gasteiger partial charge < -0.3 is 15.5 Å². The SMILES string of the molecule is CC(C)=CC(=O)NCCC(O)C(=O)O. The van der Waals surface area contributed by atoms with Gasteiger partial charge in [0, 0.05) is 19.0 Å². The van der Waals surface area contributed by atoms with Gasteiger partial charge >= 0.3 is 5.97 Å². The minimum absolute atomic E-state index is 0.0116. The minimum atomic E-state index is -1.41. The van der Waals surface area contributed by atoms with Crippen molar-refractivity contribution in [1.29, 1.82) is 0 Å². The van der Waals surface area contributed by atoms with Gasteiger partial charge in [-0.05, 0) is 13.8 Å². The first kappa shape index (κ1) is 12.6. The summed E-state index contributed by atoms with van der Waals surface area (Å²) in [5.74, 6) is -1.55. The van der Waals surface area contributed by atoms with Crippen molar-refractivity contribution in [1.82, 2.24) is 5.32 Å². The highest BCUT2D eigenvalue weighted by Crippen LogP contribution is 1.91. The largest absolute Gasteiger partial charge is 0.479 e. The zero-order valence-electron chi connectivity index (χ0n) is 8.28. The maximum Gasteiger partial charge on any atom is 0.332 e. The number of aliphatic hydroxyl groups is 1. The van der Waals surface area contributed by atoms with E-state index in [4.69, 9.17) is 10.2 Å². The van der Waals surface area contributed by atoms with Crippen molar-refractivity contribution in [2.24, 2.45) is 0 Å². The Kier molecular flexibility index (Phi) is 5.55. The van der Waals surface area contributed by atoms with Crippen LogP contribution >= 0.6 is 0 Å². The number of hydrogen-bond donors (Lipinski definition) is 3. The molecule has 80 valence electrons. The predicted molar refractivity (Wildman–Crippen MR) is 50.7 cm³/mol. The third-order valence-corrected chi connectivity index (χ3v) is 1.42. The molecule has 5 nitrogen and oxygen atoms in total. The van der Waals surface area contributed by atoms with Gasteiger partial charge in [-0.3, -0.25) is 4.79 Å². The van der Waals surface area contributed by atoms with Crippen LogP contribution in [0, 0.1) is 0 Å². The molecule has 1 unspecified atom stereocenters. The Balaban J connectivity index is 3.70. The van der Waals surface area contributed by atoms with Gasteiger partial charge in [0.05, 0.1) is 0 Å². The summed E-state index contributed by atoms with van der Waals surface area (Å²) < 4.78 is 0. The molecule has 0 rings (SSSR count). The summed E-state index contributed by atoms with van der Waals surface area (Å²) in [6, 6.07) is 0. The Labute approximate surface area is 82.4 Å². The summed E-state index contributed by atoms with van der Waals surface area (Å²) in [6.07, 6.45) is 0.00664. The van der Waals surface area contributed by atoms with Crippen LogP contribution < -0.4 is 5.32 Å². The quantitative estimate of drug-likeness (QED) is 0.542. The Morgan fingerprint density at radius 3 is 2.43 bits per heavy atom. The zero-order valence-corrected chi connectivity index (χ0v) is 8.28. The summed E-state index contributed by atoms with van der Waals surface area (Å²) in [4.78, 5) is 21.2. The van der Waals surface area contributed by atoms with E-state index in [9.17, 15) is 9.59 Å². The molecular formula is C9H15NO4. The number of aliphatic hydroxyl groups excluding tert-OH is 1. The van der Waals surface area contributed by atoms with Crippen LogP contribution in [0.2, 0.25) is 0 Å². The van der Waals surface area contributed by atoms with Crippen molar-refractivity contribution in [3.8, 4) is 0 Å². The molecular weight excluding hydrogens is 186 g/mol. The molecule has 0 aliphatic heterocycles. The molecule has 0 aromatic carbocycles. The molecule has 0 bridgehead atoms. The monoisotopic (exact) mass is 201 g/mol. The van der Waals surface area contributed by atoms with E-state index in [0.29, 0.717) is 0 Å². The molecule has 0 spiro atoms. The summed E-state index contributed by atoms with van der Waals surface area (Å²) in [7, 11) is 0. The maximum atomic E-state index is 11.0. The smallest absolute Gasteiger partial charge is 0.332 e. The molecule has 0 saturated heterocycles. The lowest BCUT2D eigenvalue weighted by molar-refractivity contribution is -0.147. The standard InChI is InChI=1S/C9H15NO4/c1-6(2)5-8(12)10-4-3-7(11)9(13)14/h5,7,11H,3-4H2,1-2H3,(H,10,12)(H,13,14). The van der Waals surface area contributed by atoms with Crippen LogP contribution in [0.25, 0.3) is 0 Å². The van der Waals surface area contributed by atoms with Gasteiger partial charge in [-0.15, -0.1) is 0 Å². The summed E-state index contributed by atoms with van der Waals surface area (Å²) >= 11 is 0. The van der Waals surface area contributed by atoms with Gasteiger partial charge in [-0.1, -0.05) is 5.57 Å². The lowest BCUT2D eigenvalue weighted by Gasteiger charge is -2.05. The van der Waals surface area contributed by atoms with Crippen LogP contribution in [-0.2, 0) is 9.59 Å². The van der Waals surface area contributed by atoms with Gasteiger partial charge in [0.25, 0.3) is 0 Å². The second kappa shape index (κ2) is 6.15. The number of allylic oxidation sites excluding steroid dienone is 1. The van der Waals surface area contributed by atoms with Crippen molar-refractivity contribution in [3.63, 3.8) is 0 Å². The highest BCUT2D eigenvalue weighted by molar-refractivity contribution is 5.88. The lowest BCUT2D eigenvalue weighted by Crippen LogP contribution is -2.29. The average Bonchev–Trinajstić information content (AvgIpc) is 2.02. The number of amides is 1. The highest BCUT2D eigenvalue weighted by atomic mass is 16.4. The number of hydrogen-bond acceptors (Lipinski definition) is 3. The van der Waals surface area contributed by atoms with Gasteiger partial charge in [0.2, 0.25) is 5.91 Å². The number of nitrogens with one attached hydrogen (secondary N) is 1. The van der Waals surface area contributed by atoms with Gasteiger partial charge in [0.15, 0.2) is 6.10 Å². The van der Waals surface area contributed by atoms with E-state index in [-0.39, 0.29) is 18.9 Å². The van der Waals surface area contributed by atoms with Crippen molar-refractivity contribution in [2.75, 3.05) is 6.54 Å². The van der Waals surface area contributed by atoms with E-state index in [0.717, 1.165) is 5.57 Å². The topological polar surface area (TPSA) is 86.6 Å². The Morgan fingerprint density at radius 1 is 1.43 bits per heavy atom. The number of carbonyl (C=O) groups is 2. The van der Waals surface area contributed by atoms with Crippen LogP contribution in [0.3, 0.4) is 0 Å². The molecule has 0 aliphatic rings. The molecule has 1 amide bonds. The van der Waals surface area contributed by atoms with Crippen LogP contribution in [0.15, 0.2) is 11.6 Å². The van der Waals surface area contributed by atoms with Crippen LogP contribution in [0.4, 0.5) is 0 Å². The second-order valence-electron chi connectivity index (χ2n) is 3.16. The number of aliphatic carboxylic acids is 1. The number of carboxylic acids is 1. The van der Waals surface area contributed by atoms with Crippen molar-refractivity contribution >= 4 is 11.9 Å². The molecule has 0 saturated carbocycles. The van der Waals surface area contributed by atoms with E-state index < -0.39 is 12.1 Å². The number of carbonyl (C=O) groups excluding carboxylic acids is 1. The summed E-state index contributed by atoms with van der Waals surface area (Å²) in [6.45, 7) is 3.72. The maximum absolute atomic E-state index is 11.0. The fourth-order valence-electron chi connectivity index (χ4n) is 0.769. The van der Waals surface area contributed by atoms with E-state index in [1.54, 1.807) is 13.8 Å². The van der Waals surface area contributed by atoms with Crippen LogP contribution in [0.5, 0.6) is 0 Å². The van der Waals surface area contributed by atoms with Crippen LogP contribution in [-0.4, -0.2) is 34.7 Å². The fraction of sp³-hybridized carbons (Fsp3) is 0.556. The predicted octanol–water partition coefficient (Wildman–Crippen LogP) is -0.0956. The Morgan fingerprint density at radius 2 is 2.00 bits per heavy atom. The molecule has 0 radical (unpaired) electrons. The summed E-state index contributed by atoms with van der Waals surface area (Å²) in [5.41, 5.74) is 0.862. The molecule has 5 heteroatoms. The number of rotatable bonds is 5. The molecule has 0 fully saturated rings. The molecule has 0 aliphatic carbocycles. The molecule has 0 heterocycles. The van der Waals surface area contributed by atoms with Crippen molar-refractivity contribution in [3.05, 3.63) is 11.6 Å². The molecule has 14 heavy (non-hydrogen) atoms. The molecule has 0 aromatic rings. The van der Waals surface area contributed by atoms with E-state index in [2.05, 4.69) is 5.32 Å². The van der Waals surface area contributed by atoms with E-state index in [1.807, 2.05) is 0 Å². The summed E-state index contributed by atoms with van der Waals surface area (Å²) in [5, 5.41) is 19.6. The normalized spacial score (nSPS) is 11.6. The molecule has 0 aromatic heterocycles. The molecule has 3 N–H and O–H groups in total. The highest BCUT2D eigenvalue weighted by Gasteiger charge is 2.12.